The summed E-state index contributed by atoms with van der Waals surface area (Å²) in [5.41, 5.74) is 2.08. The van der Waals surface area contributed by atoms with Gasteiger partial charge in [-0.05, 0) is 32.6 Å². The van der Waals surface area contributed by atoms with Gasteiger partial charge in [0.25, 0.3) is 0 Å². The lowest BCUT2D eigenvalue weighted by Crippen LogP contribution is -2.44. The van der Waals surface area contributed by atoms with Crippen molar-refractivity contribution >= 4 is 17.7 Å². The average molecular weight is 374 g/mol. The maximum absolute atomic E-state index is 12.6. The van der Waals surface area contributed by atoms with Gasteiger partial charge in [-0.3, -0.25) is 4.79 Å². The van der Waals surface area contributed by atoms with E-state index >= 15 is 0 Å². The second-order valence-electron chi connectivity index (χ2n) is 7.18. The Hall–Kier alpha value is -2.02. The van der Waals surface area contributed by atoms with Crippen LogP contribution in [0.15, 0.2) is 29.4 Å². The molecule has 1 aliphatic carbocycles. The number of nitrogens with one attached hydrogen (secondary N) is 1. The Bertz CT molecular complexity index is 758. The van der Waals surface area contributed by atoms with Gasteiger partial charge in [-0.2, -0.15) is 0 Å². The number of nitrogens with two attached hydrogens (primary N) is 1. The number of aryl methyl sites for hydroxylation is 1. The van der Waals surface area contributed by atoms with E-state index in [1.165, 1.54) is 41.3 Å². The van der Waals surface area contributed by atoms with Crippen molar-refractivity contribution < 1.29 is 4.79 Å². The summed E-state index contributed by atoms with van der Waals surface area (Å²) in [6, 6.07) is 8.24. The number of hydrogen-bond donors (Lipinski definition) is 2. The Morgan fingerprint density at radius 1 is 1.27 bits per heavy atom. The van der Waals surface area contributed by atoms with Gasteiger partial charge in [0.05, 0.1) is 5.25 Å². The van der Waals surface area contributed by atoms with Crippen molar-refractivity contribution in [1.82, 2.24) is 20.2 Å². The second-order valence-corrected chi connectivity index (χ2v) is 8.49. The van der Waals surface area contributed by atoms with Crippen molar-refractivity contribution in [3.8, 4) is 11.4 Å². The van der Waals surface area contributed by atoms with Gasteiger partial charge in [0, 0.05) is 11.6 Å². The van der Waals surface area contributed by atoms with Gasteiger partial charge in [0.15, 0.2) is 5.82 Å². The van der Waals surface area contributed by atoms with Crippen molar-refractivity contribution in [2.45, 2.75) is 62.9 Å². The molecule has 2 aromatic rings. The van der Waals surface area contributed by atoms with E-state index in [1.807, 2.05) is 38.1 Å². The van der Waals surface area contributed by atoms with E-state index in [0.29, 0.717) is 16.9 Å². The Morgan fingerprint density at radius 3 is 2.65 bits per heavy atom. The molecule has 3 N–H and O–H groups in total. The van der Waals surface area contributed by atoms with Crippen molar-refractivity contribution in [2.75, 3.05) is 5.84 Å². The molecule has 3 rings (SSSR count). The third kappa shape index (κ3) is 4.20. The Labute approximate surface area is 158 Å². The molecule has 1 fully saturated rings. The lowest BCUT2D eigenvalue weighted by Gasteiger charge is -2.30. The van der Waals surface area contributed by atoms with Gasteiger partial charge in [-0.25, -0.2) is 4.68 Å². The number of aromatic nitrogens is 3. The van der Waals surface area contributed by atoms with Crippen molar-refractivity contribution in [2.24, 2.45) is 5.92 Å². The summed E-state index contributed by atoms with van der Waals surface area (Å²) in [6.45, 7) is 6.13. The molecule has 3 atom stereocenters. The van der Waals surface area contributed by atoms with Crippen LogP contribution in [0.3, 0.4) is 0 Å². The summed E-state index contributed by atoms with van der Waals surface area (Å²) in [5.74, 6) is 7.34. The van der Waals surface area contributed by atoms with Crippen LogP contribution in [0, 0.1) is 12.8 Å². The van der Waals surface area contributed by atoms with Gasteiger partial charge in [-0.1, -0.05) is 61.4 Å². The lowest BCUT2D eigenvalue weighted by molar-refractivity contribution is -0.121. The SMILES string of the molecule is Cc1ccc(-c2nnc(S[C@@H](C)C(=O)N[C@@H]3CCCC[C@@H]3C)n2N)cc1. The number of carbonyl (C=O) groups is 1. The molecule has 7 heteroatoms. The normalized spacial score (nSPS) is 21.3. The van der Waals surface area contributed by atoms with Gasteiger partial charge < -0.3 is 11.2 Å². The molecule has 0 radical (unpaired) electrons. The maximum Gasteiger partial charge on any atom is 0.233 e. The van der Waals surface area contributed by atoms with E-state index in [-0.39, 0.29) is 17.2 Å². The number of carbonyl (C=O) groups excluding carboxylic acids is 1. The van der Waals surface area contributed by atoms with Gasteiger partial charge >= 0.3 is 0 Å². The lowest BCUT2D eigenvalue weighted by atomic mass is 9.86. The van der Waals surface area contributed by atoms with Crippen LogP contribution in [-0.4, -0.2) is 32.1 Å². The zero-order chi connectivity index (χ0) is 18.7. The minimum Gasteiger partial charge on any atom is -0.352 e. The van der Waals surface area contributed by atoms with E-state index in [9.17, 15) is 4.79 Å². The van der Waals surface area contributed by atoms with E-state index in [2.05, 4.69) is 22.4 Å². The highest BCUT2D eigenvalue weighted by atomic mass is 32.2. The summed E-state index contributed by atoms with van der Waals surface area (Å²) in [7, 11) is 0. The summed E-state index contributed by atoms with van der Waals surface area (Å²) in [5, 5.41) is 11.8. The van der Waals surface area contributed by atoms with E-state index in [1.54, 1.807) is 0 Å². The standard InChI is InChI=1S/C19H27N5OS/c1-12-8-10-15(11-9-12)17-22-23-19(24(17)20)26-14(3)18(25)21-16-7-5-4-6-13(16)2/h8-11,13-14,16H,4-7,20H2,1-3H3,(H,21,25)/t13-,14-,16+/m0/s1. The molecular weight excluding hydrogens is 346 g/mol. The number of amides is 1. The average Bonchev–Trinajstić information content (AvgIpc) is 2.98. The first kappa shape index (κ1) is 18.8. The van der Waals surface area contributed by atoms with Gasteiger partial charge in [-0.15, -0.1) is 10.2 Å². The van der Waals surface area contributed by atoms with Crippen LogP contribution in [-0.2, 0) is 4.79 Å². The Morgan fingerprint density at radius 2 is 1.96 bits per heavy atom. The Kier molecular flexibility index (Phi) is 5.86. The van der Waals surface area contributed by atoms with E-state index in [4.69, 9.17) is 5.84 Å². The largest absolute Gasteiger partial charge is 0.352 e. The molecule has 0 spiro atoms. The molecule has 1 aromatic heterocycles. The highest BCUT2D eigenvalue weighted by Gasteiger charge is 2.26. The van der Waals surface area contributed by atoms with E-state index < -0.39 is 0 Å². The maximum atomic E-state index is 12.6. The van der Waals surface area contributed by atoms with E-state index in [0.717, 1.165) is 12.0 Å². The van der Waals surface area contributed by atoms with Crippen molar-refractivity contribution in [1.29, 1.82) is 0 Å². The third-order valence-electron chi connectivity index (χ3n) is 5.06. The second kappa shape index (κ2) is 8.12. The first-order valence-corrected chi connectivity index (χ1v) is 10.1. The molecular formula is C19H27N5OS. The number of hydrogen-bond acceptors (Lipinski definition) is 5. The first-order valence-electron chi connectivity index (χ1n) is 9.20. The minimum absolute atomic E-state index is 0.0358. The smallest absolute Gasteiger partial charge is 0.233 e. The molecule has 1 aliphatic rings. The van der Waals surface area contributed by atoms with Crippen molar-refractivity contribution in [3.63, 3.8) is 0 Å². The monoisotopic (exact) mass is 373 g/mol. The van der Waals surface area contributed by atoms with Crippen LogP contribution in [0.25, 0.3) is 11.4 Å². The molecule has 0 saturated heterocycles. The fourth-order valence-electron chi connectivity index (χ4n) is 3.30. The molecule has 0 unspecified atom stereocenters. The first-order chi connectivity index (χ1) is 12.5. The molecule has 0 aliphatic heterocycles. The summed E-state index contributed by atoms with van der Waals surface area (Å²) in [4.78, 5) is 12.6. The van der Waals surface area contributed by atoms with Crippen LogP contribution in [0.5, 0.6) is 0 Å². The van der Waals surface area contributed by atoms with Crippen LogP contribution >= 0.6 is 11.8 Å². The van der Waals surface area contributed by atoms with Crippen LogP contribution in [0.4, 0.5) is 0 Å². The van der Waals surface area contributed by atoms with Crippen LogP contribution in [0.1, 0.15) is 45.1 Å². The van der Waals surface area contributed by atoms with Crippen LogP contribution in [0.2, 0.25) is 0 Å². The number of rotatable bonds is 5. The quantitative estimate of drug-likeness (QED) is 0.621. The highest BCUT2D eigenvalue weighted by Crippen LogP contribution is 2.27. The Balaban J connectivity index is 1.65. The molecule has 6 nitrogen and oxygen atoms in total. The zero-order valence-electron chi connectivity index (χ0n) is 15.6. The zero-order valence-corrected chi connectivity index (χ0v) is 16.4. The fraction of sp³-hybridized carbons (Fsp3) is 0.526. The highest BCUT2D eigenvalue weighted by molar-refractivity contribution is 8.00. The topological polar surface area (TPSA) is 85.8 Å². The minimum atomic E-state index is -0.276. The number of thioether (sulfide) groups is 1. The molecule has 1 saturated carbocycles. The summed E-state index contributed by atoms with van der Waals surface area (Å²) < 4.78 is 1.46. The van der Waals surface area contributed by atoms with Crippen LogP contribution < -0.4 is 11.2 Å². The predicted octanol–water partition coefficient (Wildman–Crippen LogP) is 3.14. The molecule has 1 heterocycles. The summed E-state index contributed by atoms with van der Waals surface area (Å²) >= 11 is 1.34. The summed E-state index contributed by atoms with van der Waals surface area (Å²) in [6.07, 6.45) is 4.70. The van der Waals surface area contributed by atoms with Gasteiger partial charge in [0.1, 0.15) is 0 Å². The van der Waals surface area contributed by atoms with Gasteiger partial charge in [0.2, 0.25) is 11.1 Å². The number of nitrogen functional groups attached to an aromatic ring is 1. The number of benzene rings is 1. The molecule has 1 amide bonds. The van der Waals surface area contributed by atoms with Crippen molar-refractivity contribution in [3.05, 3.63) is 29.8 Å². The molecule has 26 heavy (non-hydrogen) atoms. The third-order valence-corrected chi connectivity index (χ3v) is 6.12. The molecule has 1 aromatic carbocycles. The fourth-order valence-corrected chi connectivity index (χ4v) is 4.08. The molecule has 0 bridgehead atoms. The number of nitrogens with zero attached hydrogens (tertiary/aromatic N) is 3. The molecule has 140 valence electrons. The predicted molar refractivity (Wildman–Crippen MR) is 105 cm³/mol.